The zero-order valence-corrected chi connectivity index (χ0v) is 15.7. The molecule has 1 amide bonds. The first kappa shape index (κ1) is 16.1. The number of aromatic amines is 1. The van der Waals surface area contributed by atoms with Gasteiger partial charge < -0.3 is 5.32 Å². The summed E-state index contributed by atoms with van der Waals surface area (Å²) in [4.78, 5) is 19.0. The van der Waals surface area contributed by atoms with Crippen LogP contribution in [0.2, 0.25) is 0 Å². The predicted molar refractivity (Wildman–Crippen MR) is 104 cm³/mol. The largest absolute Gasteiger partial charge is 0.325 e. The normalized spacial score (nSPS) is 32.0. The molecule has 4 fully saturated rings. The van der Waals surface area contributed by atoms with Gasteiger partial charge in [0.25, 0.3) is 5.82 Å². The van der Waals surface area contributed by atoms with Crippen molar-refractivity contribution < 1.29 is 9.78 Å². The second-order valence-corrected chi connectivity index (χ2v) is 9.16. The number of aromatic nitrogens is 1. The van der Waals surface area contributed by atoms with Gasteiger partial charge in [-0.25, -0.2) is 4.98 Å². The van der Waals surface area contributed by atoms with Gasteiger partial charge in [-0.1, -0.05) is 12.1 Å². The first-order chi connectivity index (χ1) is 12.5. The molecule has 4 bridgehead atoms. The fourth-order valence-corrected chi connectivity index (χ4v) is 6.20. The second-order valence-electron chi connectivity index (χ2n) is 9.16. The fraction of sp³-hybridized carbons (Fsp3) is 0.545. The Morgan fingerprint density at radius 2 is 1.69 bits per heavy atom. The molecule has 2 aromatic rings. The molecule has 26 heavy (non-hydrogen) atoms. The third kappa shape index (κ3) is 2.50. The van der Waals surface area contributed by atoms with E-state index in [0.29, 0.717) is 0 Å². The molecule has 4 nitrogen and oxygen atoms in total. The number of pyridine rings is 1. The molecular weight excluding hydrogens is 322 g/mol. The molecule has 0 saturated heterocycles. The van der Waals surface area contributed by atoms with Crippen molar-refractivity contribution in [2.75, 3.05) is 24.3 Å². The monoisotopic (exact) mass is 350 g/mol. The lowest BCUT2D eigenvalue weighted by molar-refractivity contribution is -0.329. The van der Waals surface area contributed by atoms with Gasteiger partial charge in [-0.05, 0) is 68.4 Å². The summed E-state index contributed by atoms with van der Waals surface area (Å²) in [5, 5.41) is 4.43. The van der Waals surface area contributed by atoms with Crippen LogP contribution in [-0.4, -0.2) is 20.0 Å². The van der Waals surface area contributed by atoms with Crippen molar-refractivity contribution in [2.24, 2.45) is 23.2 Å². The van der Waals surface area contributed by atoms with Crippen molar-refractivity contribution in [1.29, 1.82) is 0 Å². The van der Waals surface area contributed by atoms with Crippen LogP contribution < -0.4 is 15.2 Å². The van der Waals surface area contributed by atoms with Crippen molar-refractivity contribution in [3.05, 3.63) is 30.3 Å². The molecule has 0 spiro atoms. The summed E-state index contributed by atoms with van der Waals surface area (Å²) in [6.07, 6.45) is 7.38. The molecule has 0 unspecified atom stereocenters. The average molecular weight is 350 g/mol. The van der Waals surface area contributed by atoms with Gasteiger partial charge in [0.1, 0.15) is 5.52 Å². The van der Waals surface area contributed by atoms with Gasteiger partial charge in [-0.2, -0.15) is 0 Å². The number of fused-ring (bicyclic) bond motifs is 1. The van der Waals surface area contributed by atoms with Gasteiger partial charge in [0.15, 0.2) is 0 Å². The van der Waals surface area contributed by atoms with E-state index in [2.05, 4.69) is 28.5 Å². The SMILES string of the molecule is CN(C)c1cc(NC(=O)C23CC4CC(CC(C4)C2)C3)c2ccccc2[nH+]1. The highest BCUT2D eigenvalue weighted by Gasteiger charge is 2.54. The van der Waals surface area contributed by atoms with E-state index >= 15 is 0 Å². The van der Waals surface area contributed by atoms with Gasteiger partial charge in [-0.15, -0.1) is 0 Å². The topological polar surface area (TPSA) is 46.5 Å². The molecular formula is C22H28N3O+. The first-order valence-corrected chi connectivity index (χ1v) is 9.96. The molecule has 1 heterocycles. The highest BCUT2D eigenvalue weighted by atomic mass is 16.2. The van der Waals surface area contributed by atoms with Gasteiger partial charge in [0.05, 0.1) is 31.3 Å². The average Bonchev–Trinajstić information content (AvgIpc) is 2.60. The molecule has 0 atom stereocenters. The van der Waals surface area contributed by atoms with E-state index in [4.69, 9.17) is 0 Å². The Bertz CT molecular complexity index is 838. The van der Waals surface area contributed by atoms with Gasteiger partial charge in [0.2, 0.25) is 5.91 Å². The number of hydrogen-bond acceptors (Lipinski definition) is 2. The number of anilines is 2. The van der Waals surface area contributed by atoms with Crippen molar-refractivity contribution in [3.8, 4) is 0 Å². The first-order valence-electron chi connectivity index (χ1n) is 9.96. The van der Waals surface area contributed by atoms with Crippen LogP contribution in [0.15, 0.2) is 30.3 Å². The summed E-state index contributed by atoms with van der Waals surface area (Å²) in [5.41, 5.74) is 1.87. The molecule has 1 aromatic heterocycles. The number of carbonyl (C=O) groups is 1. The molecule has 2 N–H and O–H groups in total. The quantitative estimate of drug-likeness (QED) is 0.913. The zero-order valence-electron chi connectivity index (χ0n) is 15.7. The van der Waals surface area contributed by atoms with Crippen molar-refractivity contribution in [3.63, 3.8) is 0 Å². The Balaban J connectivity index is 1.50. The van der Waals surface area contributed by atoms with Crippen LogP contribution >= 0.6 is 0 Å². The predicted octanol–water partition coefficient (Wildman–Crippen LogP) is 3.87. The third-order valence-corrected chi connectivity index (χ3v) is 7.01. The van der Waals surface area contributed by atoms with Gasteiger partial charge >= 0.3 is 0 Å². The van der Waals surface area contributed by atoms with E-state index < -0.39 is 0 Å². The van der Waals surface area contributed by atoms with Gasteiger partial charge in [0, 0.05) is 5.39 Å². The number of benzene rings is 1. The van der Waals surface area contributed by atoms with Crippen molar-refractivity contribution in [1.82, 2.24) is 0 Å². The van der Waals surface area contributed by atoms with E-state index in [9.17, 15) is 4.79 Å². The number of amides is 1. The minimum atomic E-state index is -0.117. The maximum Gasteiger partial charge on any atom is 0.276 e. The Morgan fingerprint density at radius 1 is 1.08 bits per heavy atom. The molecule has 4 saturated carbocycles. The maximum atomic E-state index is 13.5. The minimum Gasteiger partial charge on any atom is -0.325 e. The second kappa shape index (κ2) is 5.70. The number of rotatable bonds is 3. The standard InChI is InChI=1S/C22H27N3O/c1-25(2)20-10-19(17-5-3-4-6-18(17)23-20)24-21(26)22-11-14-7-15(12-22)9-16(8-14)13-22/h3-6,10,14-16H,7-9,11-13H2,1-2H3,(H,23,24,26)/p+1. The summed E-state index contributed by atoms with van der Waals surface area (Å²) in [5.74, 6) is 3.61. The van der Waals surface area contributed by atoms with E-state index in [1.54, 1.807) is 0 Å². The molecule has 0 aliphatic heterocycles. The summed E-state index contributed by atoms with van der Waals surface area (Å²) in [7, 11) is 4.04. The lowest BCUT2D eigenvalue weighted by Gasteiger charge is -2.55. The molecule has 0 radical (unpaired) electrons. The van der Waals surface area contributed by atoms with Crippen LogP contribution in [-0.2, 0) is 4.79 Å². The molecule has 6 rings (SSSR count). The molecule has 136 valence electrons. The van der Waals surface area contributed by atoms with E-state index in [1.165, 1.54) is 19.3 Å². The van der Waals surface area contributed by atoms with E-state index in [1.807, 2.05) is 31.1 Å². The molecule has 4 aliphatic rings. The Kier molecular flexibility index (Phi) is 3.53. The van der Waals surface area contributed by atoms with Crippen LogP contribution in [0.1, 0.15) is 38.5 Å². The third-order valence-electron chi connectivity index (χ3n) is 7.01. The highest BCUT2D eigenvalue weighted by molar-refractivity contribution is 6.03. The molecule has 4 heteroatoms. The molecule has 1 aromatic carbocycles. The van der Waals surface area contributed by atoms with Crippen LogP contribution in [0.5, 0.6) is 0 Å². The smallest absolute Gasteiger partial charge is 0.276 e. The number of carbonyl (C=O) groups excluding carboxylic acids is 1. The molecule has 4 aliphatic carbocycles. The lowest BCUT2D eigenvalue weighted by Crippen LogP contribution is -2.51. The van der Waals surface area contributed by atoms with Crippen LogP contribution in [0, 0.1) is 23.2 Å². The minimum absolute atomic E-state index is 0.117. The Labute approximate surface area is 155 Å². The van der Waals surface area contributed by atoms with Crippen molar-refractivity contribution in [2.45, 2.75) is 38.5 Å². The maximum absolute atomic E-state index is 13.5. The summed E-state index contributed by atoms with van der Waals surface area (Å²) in [6.45, 7) is 0. The summed E-state index contributed by atoms with van der Waals surface area (Å²) < 4.78 is 0. The van der Waals surface area contributed by atoms with E-state index in [0.717, 1.165) is 59.4 Å². The van der Waals surface area contributed by atoms with E-state index in [-0.39, 0.29) is 11.3 Å². The number of para-hydroxylation sites is 1. The summed E-state index contributed by atoms with van der Waals surface area (Å²) >= 11 is 0. The highest BCUT2D eigenvalue weighted by Crippen LogP contribution is 2.60. The fourth-order valence-electron chi connectivity index (χ4n) is 6.20. The number of hydrogen-bond donors (Lipinski definition) is 1. The number of nitrogens with one attached hydrogen (secondary N) is 2. The van der Waals surface area contributed by atoms with Crippen LogP contribution in [0.25, 0.3) is 10.9 Å². The lowest BCUT2D eigenvalue weighted by atomic mass is 9.49. The van der Waals surface area contributed by atoms with Crippen LogP contribution in [0.4, 0.5) is 11.5 Å². The number of nitrogens with zero attached hydrogens (tertiary/aromatic N) is 1. The Morgan fingerprint density at radius 3 is 2.31 bits per heavy atom. The Hall–Kier alpha value is -2.10. The zero-order chi connectivity index (χ0) is 17.9. The van der Waals surface area contributed by atoms with Gasteiger partial charge in [-0.3, -0.25) is 9.69 Å². The van der Waals surface area contributed by atoms with Crippen LogP contribution in [0.3, 0.4) is 0 Å². The summed E-state index contributed by atoms with van der Waals surface area (Å²) in [6, 6.07) is 10.3. The number of H-pyrrole nitrogens is 1. The van der Waals surface area contributed by atoms with Crippen molar-refractivity contribution >= 4 is 28.3 Å².